The van der Waals surface area contributed by atoms with Crippen LogP contribution in [0.25, 0.3) is 16.9 Å². The van der Waals surface area contributed by atoms with E-state index in [0.717, 1.165) is 31.7 Å². The molecular weight excluding hydrogens is 386 g/mol. The van der Waals surface area contributed by atoms with Crippen molar-refractivity contribution in [1.82, 2.24) is 34.7 Å². The lowest BCUT2D eigenvalue weighted by Crippen LogP contribution is -2.19. The van der Waals surface area contributed by atoms with Crippen molar-refractivity contribution in [3.63, 3.8) is 0 Å². The molecule has 0 radical (unpaired) electrons. The molecule has 0 atom stereocenters. The zero-order valence-corrected chi connectivity index (χ0v) is 16.0. The standard InChI is InChI=1S/C19H19N9O2/c20-17(29)12-1-3-15(4-2-12)28-18-16(25-26-28)10-21-19(24-18)23-13-9-22-27(11-13)14-5-7-30-8-6-14/h1-4,9-11,14H,5-8H2,(H2,20,29)(H,21,23,24). The van der Waals surface area contributed by atoms with Crippen LogP contribution in [0.2, 0.25) is 0 Å². The highest BCUT2D eigenvalue weighted by molar-refractivity contribution is 5.93. The third kappa shape index (κ3) is 3.46. The number of anilines is 2. The molecule has 3 aromatic heterocycles. The van der Waals surface area contributed by atoms with E-state index < -0.39 is 5.91 Å². The van der Waals surface area contributed by atoms with E-state index in [9.17, 15) is 4.79 Å². The average Bonchev–Trinajstić information content (AvgIpc) is 3.41. The minimum absolute atomic E-state index is 0.340. The summed E-state index contributed by atoms with van der Waals surface area (Å²) >= 11 is 0. The van der Waals surface area contributed by atoms with Crippen LogP contribution < -0.4 is 11.1 Å². The van der Waals surface area contributed by atoms with Gasteiger partial charge in [0.05, 0.1) is 29.8 Å². The molecule has 30 heavy (non-hydrogen) atoms. The van der Waals surface area contributed by atoms with Crippen LogP contribution in [0, 0.1) is 0 Å². The van der Waals surface area contributed by atoms with Gasteiger partial charge in [-0.3, -0.25) is 9.48 Å². The quantitative estimate of drug-likeness (QED) is 0.510. The van der Waals surface area contributed by atoms with E-state index in [1.54, 1.807) is 41.3 Å². The van der Waals surface area contributed by atoms with Gasteiger partial charge in [-0.2, -0.15) is 14.8 Å². The van der Waals surface area contributed by atoms with Gasteiger partial charge in [0.1, 0.15) is 0 Å². The summed E-state index contributed by atoms with van der Waals surface area (Å²) in [4.78, 5) is 20.1. The van der Waals surface area contributed by atoms with Gasteiger partial charge < -0.3 is 15.8 Å². The summed E-state index contributed by atoms with van der Waals surface area (Å²) in [6.07, 6.45) is 7.20. The first-order valence-corrected chi connectivity index (χ1v) is 9.55. The maximum atomic E-state index is 11.3. The topological polar surface area (TPSA) is 139 Å². The van der Waals surface area contributed by atoms with Crippen molar-refractivity contribution < 1.29 is 9.53 Å². The van der Waals surface area contributed by atoms with E-state index >= 15 is 0 Å². The number of hydrogen-bond donors (Lipinski definition) is 2. The minimum atomic E-state index is -0.486. The molecular formula is C19H19N9O2. The zero-order chi connectivity index (χ0) is 20.5. The van der Waals surface area contributed by atoms with Crippen molar-refractivity contribution in [3.8, 4) is 5.69 Å². The molecule has 11 nitrogen and oxygen atoms in total. The number of nitrogens with one attached hydrogen (secondary N) is 1. The Morgan fingerprint density at radius 3 is 2.73 bits per heavy atom. The number of benzene rings is 1. The van der Waals surface area contributed by atoms with Crippen LogP contribution in [0.4, 0.5) is 11.6 Å². The van der Waals surface area contributed by atoms with Gasteiger partial charge in [-0.05, 0) is 37.1 Å². The number of nitrogens with two attached hydrogens (primary N) is 1. The van der Waals surface area contributed by atoms with E-state index in [4.69, 9.17) is 10.5 Å². The second kappa shape index (κ2) is 7.52. The van der Waals surface area contributed by atoms with E-state index in [1.165, 1.54) is 0 Å². The fraction of sp³-hybridized carbons (Fsp3) is 0.263. The Hall–Kier alpha value is -3.86. The van der Waals surface area contributed by atoms with Crippen LogP contribution in [-0.4, -0.2) is 53.9 Å². The van der Waals surface area contributed by atoms with Crippen molar-refractivity contribution in [2.45, 2.75) is 18.9 Å². The van der Waals surface area contributed by atoms with Gasteiger partial charge in [0.15, 0.2) is 11.2 Å². The van der Waals surface area contributed by atoms with Crippen molar-refractivity contribution in [1.29, 1.82) is 0 Å². The highest BCUT2D eigenvalue weighted by Crippen LogP contribution is 2.23. The summed E-state index contributed by atoms with van der Waals surface area (Å²) in [6.45, 7) is 1.51. The molecule has 0 saturated carbocycles. The van der Waals surface area contributed by atoms with Crippen molar-refractivity contribution in [2.24, 2.45) is 5.73 Å². The maximum Gasteiger partial charge on any atom is 0.248 e. The Kier molecular flexibility index (Phi) is 4.56. The molecule has 0 bridgehead atoms. The van der Waals surface area contributed by atoms with Crippen molar-refractivity contribution >= 4 is 28.7 Å². The molecule has 0 spiro atoms. The van der Waals surface area contributed by atoms with Crippen molar-refractivity contribution in [3.05, 3.63) is 48.4 Å². The molecule has 0 unspecified atom stereocenters. The molecule has 3 N–H and O–H groups in total. The fourth-order valence-corrected chi connectivity index (χ4v) is 3.41. The molecule has 1 saturated heterocycles. The van der Waals surface area contributed by atoms with Crippen LogP contribution in [0.15, 0.2) is 42.9 Å². The summed E-state index contributed by atoms with van der Waals surface area (Å²) in [5.41, 5.74) is 8.31. The molecule has 152 valence electrons. The van der Waals surface area contributed by atoms with Gasteiger partial charge in [0.25, 0.3) is 0 Å². The SMILES string of the molecule is NC(=O)c1ccc(-n2nnc3cnc(Nc4cnn(C5CCOCC5)c4)nc32)cc1. The molecule has 4 heterocycles. The molecule has 4 aromatic rings. The van der Waals surface area contributed by atoms with E-state index in [0.29, 0.717) is 34.4 Å². The second-order valence-electron chi connectivity index (χ2n) is 6.99. The summed E-state index contributed by atoms with van der Waals surface area (Å²) < 4.78 is 8.94. The van der Waals surface area contributed by atoms with E-state index in [2.05, 4.69) is 30.7 Å². The molecule has 5 rings (SSSR count). The van der Waals surface area contributed by atoms with Crippen LogP contribution in [0.5, 0.6) is 0 Å². The van der Waals surface area contributed by atoms with Crippen LogP contribution in [0.3, 0.4) is 0 Å². The van der Waals surface area contributed by atoms with E-state index in [1.807, 2.05) is 10.9 Å². The first kappa shape index (κ1) is 18.2. The first-order chi connectivity index (χ1) is 14.7. The van der Waals surface area contributed by atoms with Gasteiger partial charge in [-0.1, -0.05) is 5.21 Å². The third-order valence-corrected chi connectivity index (χ3v) is 5.01. The third-order valence-electron chi connectivity index (χ3n) is 5.01. The normalized spacial score (nSPS) is 14.8. The number of aromatic nitrogens is 7. The zero-order valence-electron chi connectivity index (χ0n) is 16.0. The number of rotatable bonds is 5. The van der Waals surface area contributed by atoms with E-state index in [-0.39, 0.29) is 0 Å². The monoisotopic (exact) mass is 405 g/mol. The number of hydrogen-bond acceptors (Lipinski definition) is 8. The molecule has 0 aliphatic carbocycles. The van der Waals surface area contributed by atoms with Gasteiger partial charge in [0.2, 0.25) is 11.9 Å². The molecule has 1 fully saturated rings. The lowest BCUT2D eigenvalue weighted by atomic mass is 10.1. The molecule has 1 amide bonds. The Balaban J connectivity index is 1.40. The Morgan fingerprint density at radius 1 is 1.17 bits per heavy atom. The maximum absolute atomic E-state index is 11.3. The number of primary amides is 1. The lowest BCUT2D eigenvalue weighted by Gasteiger charge is -2.22. The largest absolute Gasteiger partial charge is 0.381 e. The smallest absolute Gasteiger partial charge is 0.248 e. The molecule has 11 heteroatoms. The number of nitrogens with zero attached hydrogens (tertiary/aromatic N) is 7. The predicted octanol–water partition coefficient (Wildman–Crippen LogP) is 1.60. The Bertz CT molecular complexity index is 1190. The summed E-state index contributed by atoms with van der Waals surface area (Å²) in [6, 6.07) is 7.08. The Labute approximate surface area is 170 Å². The first-order valence-electron chi connectivity index (χ1n) is 9.55. The number of ether oxygens (including phenoxy) is 1. The van der Waals surface area contributed by atoms with Crippen LogP contribution in [0.1, 0.15) is 29.2 Å². The molecule has 1 aromatic carbocycles. The predicted molar refractivity (Wildman–Crippen MR) is 108 cm³/mol. The molecule has 1 aliphatic heterocycles. The van der Waals surface area contributed by atoms with Gasteiger partial charge in [0, 0.05) is 25.0 Å². The van der Waals surface area contributed by atoms with Gasteiger partial charge in [-0.25, -0.2) is 4.98 Å². The fourth-order valence-electron chi connectivity index (χ4n) is 3.41. The van der Waals surface area contributed by atoms with Crippen LogP contribution >= 0.6 is 0 Å². The number of carbonyl (C=O) groups is 1. The summed E-state index contributed by atoms with van der Waals surface area (Å²) in [5.74, 6) is -0.0774. The Morgan fingerprint density at radius 2 is 1.97 bits per heavy atom. The second-order valence-corrected chi connectivity index (χ2v) is 6.99. The highest BCUT2D eigenvalue weighted by Gasteiger charge is 2.17. The number of fused-ring (bicyclic) bond motifs is 1. The van der Waals surface area contributed by atoms with Crippen LogP contribution in [-0.2, 0) is 4.74 Å². The molecule has 1 aliphatic rings. The summed E-state index contributed by atoms with van der Waals surface area (Å²) in [5, 5.41) is 15.9. The van der Waals surface area contributed by atoms with Gasteiger partial charge in [-0.15, -0.1) is 5.10 Å². The average molecular weight is 405 g/mol. The summed E-state index contributed by atoms with van der Waals surface area (Å²) in [7, 11) is 0. The minimum Gasteiger partial charge on any atom is -0.381 e. The van der Waals surface area contributed by atoms with Crippen molar-refractivity contribution in [2.75, 3.05) is 18.5 Å². The highest BCUT2D eigenvalue weighted by atomic mass is 16.5. The lowest BCUT2D eigenvalue weighted by molar-refractivity contribution is 0.0662. The number of amides is 1. The number of carbonyl (C=O) groups excluding carboxylic acids is 1. The van der Waals surface area contributed by atoms with Gasteiger partial charge >= 0.3 is 0 Å².